The molecule has 104 valence electrons. The molecule has 0 spiro atoms. The summed E-state index contributed by atoms with van der Waals surface area (Å²) in [4.78, 5) is 2.06. The van der Waals surface area contributed by atoms with Crippen molar-refractivity contribution in [3.8, 4) is 0 Å². The average molecular weight is 275 g/mol. The Hall–Kier alpha value is -0.550. The number of rotatable bonds is 7. The van der Waals surface area contributed by atoms with Crippen LogP contribution in [-0.2, 0) is 18.3 Å². The summed E-state index contributed by atoms with van der Waals surface area (Å²) in [6.07, 6.45) is 1.56. The first-order chi connectivity index (χ1) is 8.38. The van der Waals surface area contributed by atoms with E-state index in [0.717, 1.165) is 17.3 Å². The molecule has 0 aromatic carbocycles. The molecule has 18 heavy (non-hydrogen) atoms. The lowest BCUT2D eigenvalue weighted by molar-refractivity contribution is -0.00652. The van der Waals surface area contributed by atoms with Crippen LogP contribution in [0.4, 0.5) is 0 Å². The fourth-order valence-electron chi connectivity index (χ4n) is 1.78. The Labute approximate surface area is 114 Å². The molecule has 1 heterocycles. The zero-order chi connectivity index (χ0) is 13.7. The van der Waals surface area contributed by atoms with E-state index in [2.05, 4.69) is 4.90 Å². The van der Waals surface area contributed by atoms with E-state index >= 15 is 0 Å². The molecule has 1 N–H and O–H groups in total. The molecule has 0 saturated heterocycles. The number of hydrogen-bond donors (Lipinski definition) is 1. The van der Waals surface area contributed by atoms with E-state index in [4.69, 9.17) is 16.3 Å². The number of aliphatic hydroxyl groups is 1. The highest BCUT2D eigenvalue weighted by Crippen LogP contribution is 2.14. The van der Waals surface area contributed by atoms with E-state index < -0.39 is 6.10 Å². The standard InChI is InChI=1S/C13H23ClN2O2/c1-10(2)18-9-13(17)8-15(3)7-12-5-11(14)6-16(12)4/h5-6,10,13,17H,7-9H2,1-4H3. The molecule has 0 aliphatic rings. The zero-order valence-electron chi connectivity index (χ0n) is 11.6. The van der Waals surface area contributed by atoms with Crippen LogP contribution in [0.25, 0.3) is 0 Å². The highest BCUT2D eigenvalue weighted by Gasteiger charge is 2.11. The summed E-state index contributed by atoms with van der Waals surface area (Å²) < 4.78 is 7.38. The second kappa shape index (κ2) is 7.14. The van der Waals surface area contributed by atoms with Crippen LogP contribution in [0, 0.1) is 0 Å². The van der Waals surface area contributed by atoms with Gasteiger partial charge < -0.3 is 14.4 Å². The minimum absolute atomic E-state index is 0.150. The molecule has 1 unspecified atom stereocenters. The predicted octanol–water partition coefficient (Wildman–Crippen LogP) is 1.90. The lowest BCUT2D eigenvalue weighted by Gasteiger charge is -2.21. The van der Waals surface area contributed by atoms with Gasteiger partial charge in [-0.05, 0) is 27.0 Å². The van der Waals surface area contributed by atoms with E-state index in [9.17, 15) is 5.11 Å². The summed E-state index contributed by atoms with van der Waals surface area (Å²) in [5.41, 5.74) is 1.12. The van der Waals surface area contributed by atoms with Gasteiger partial charge in [0.1, 0.15) is 0 Å². The van der Waals surface area contributed by atoms with Crippen LogP contribution in [0.1, 0.15) is 19.5 Å². The molecule has 0 fully saturated rings. The fraction of sp³-hybridized carbons (Fsp3) is 0.692. The molecule has 5 heteroatoms. The summed E-state index contributed by atoms with van der Waals surface area (Å²) in [5.74, 6) is 0. The van der Waals surface area contributed by atoms with Gasteiger partial charge in [-0.3, -0.25) is 4.90 Å². The molecule has 4 nitrogen and oxygen atoms in total. The first-order valence-corrected chi connectivity index (χ1v) is 6.55. The summed E-state index contributed by atoms with van der Waals surface area (Å²) in [6.45, 7) is 5.62. The Kier molecular flexibility index (Phi) is 6.15. The number of halogens is 1. The normalized spacial score (nSPS) is 13.6. The Morgan fingerprint density at radius 1 is 1.50 bits per heavy atom. The summed E-state index contributed by atoms with van der Waals surface area (Å²) >= 11 is 5.93. The smallest absolute Gasteiger partial charge is 0.0900 e. The quantitative estimate of drug-likeness (QED) is 0.825. The van der Waals surface area contributed by atoms with Gasteiger partial charge in [0.2, 0.25) is 0 Å². The van der Waals surface area contributed by atoms with Gasteiger partial charge >= 0.3 is 0 Å². The van der Waals surface area contributed by atoms with Crippen molar-refractivity contribution < 1.29 is 9.84 Å². The van der Waals surface area contributed by atoms with E-state index in [1.165, 1.54) is 0 Å². The first kappa shape index (κ1) is 15.5. The Morgan fingerprint density at radius 2 is 2.17 bits per heavy atom. The molecule has 1 aromatic rings. The molecule has 0 bridgehead atoms. The number of aliphatic hydroxyl groups excluding tert-OH is 1. The van der Waals surface area contributed by atoms with Crippen molar-refractivity contribution in [1.29, 1.82) is 0 Å². The molecular weight excluding hydrogens is 252 g/mol. The fourth-order valence-corrected chi connectivity index (χ4v) is 2.05. The van der Waals surface area contributed by atoms with Gasteiger partial charge in [-0.15, -0.1) is 0 Å². The van der Waals surface area contributed by atoms with Crippen LogP contribution in [0.3, 0.4) is 0 Å². The second-order valence-corrected chi connectivity index (χ2v) is 5.43. The number of aromatic nitrogens is 1. The summed E-state index contributed by atoms with van der Waals surface area (Å²) in [6, 6.07) is 1.94. The third-order valence-electron chi connectivity index (χ3n) is 2.65. The molecule has 1 atom stereocenters. The zero-order valence-corrected chi connectivity index (χ0v) is 12.3. The van der Waals surface area contributed by atoms with Crippen molar-refractivity contribution in [2.45, 2.75) is 32.6 Å². The molecule has 0 amide bonds. The largest absolute Gasteiger partial charge is 0.389 e. The minimum Gasteiger partial charge on any atom is -0.389 e. The molecule has 0 aliphatic carbocycles. The number of nitrogens with zero attached hydrogens (tertiary/aromatic N) is 2. The molecule has 0 radical (unpaired) electrons. The summed E-state index contributed by atoms with van der Waals surface area (Å²) in [7, 11) is 3.94. The molecule has 1 aromatic heterocycles. The third kappa shape index (κ3) is 5.40. The van der Waals surface area contributed by atoms with Gasteiger partial charge in [0.05, 0.1) is 23.8 Å². The number of likely N-dealkylation sites (N-methyl/N-ethyl adjacent to an activating group) is 1. The number of ether oxygens (including phenoxy) is 1. The number of aryl methyl sites for hydroxylation is 1. The summed E-state index contributed by atoms with van der Waals surface area (Å²) in [5, 5.41) is 10.6. The van der Waals surface area contributed by atoms with Crippen LogP contribution in [0.5, 0.6) is 0 Å². The van der Waals surface area contributed by atoms with Crippen LogP contribution < -0.4 is 0 Å². The first-order valence-electron chi connectivity index (χ1n) is 6.17. The molecule has 0 aliphatic heterocycles. The lowest BCUT2D eigenvalue weighted by Crippen LogP contribution is -2.33. The van der Waals surface area contributed by atoms with Gasteiger partial charge in [-0.2, -0.15) is 0 Å². The van der Waals surface area contributed by atoms with E-state index in [1.54, 1.807) is 0 Å². The average Bonchev–Trinajstić information content (AvgIpc) is 2.54. The van der Waals surface area contributed by atoms with Gasteiger partial charge in [-0.1, -0.05) is 11.6 Å². The maximum atomic E-state index is 9.82. The second-order valence-electron chi connectivity index (χ2n) is 4.99. The maximum Gasteiger partial charge on any atom is 0.0900 e. The third-order valence-corrected chi connectivity index (χ3v) is 2.86. The molecular formula is C13H23ClN2O2. The van der Waals surface area contributed by atoms with Crippen LogP contribution in [0.15, 0.2) is 12.3 Å². The monoisotopic (exact) mass is 274 g/mol. The Bertz CT molecular complexity index is 366. The highest BCUT2D eigenvalue weighted by molar-refractivity contribution is 6.30. The maximum absolute atomic E-state index is 9.82. The van der Waals surface area contributed by atoms with E-state index in [1.807, 2.05) is 44.8 Å². The topological polar surface area (TPSA) is 37.6 Å². The van der Waals surface area contributed by atoms with E-state index in [0.29, 0.717) is 13.2 Å². The Morgan fingerprint density at radius 3 is 2.67 bits per heavy atom. The van der Waals surface area contributed by atoms with Gasteiger partial charge in [-0.25, -0.2) is 0 Å². The molecule has 1 rings (SSSR count). The van der Waals surface area contributed by atoms with Crippen molar-refractivity contribution in [3.63, 3.8) is 0 Å². The van der Waals surface area contributed by atoms with Crippen molar-refractivity contribution in [1.82, 2.24) is 9.47 Å². The van der Waals surface area contributed by atoms with Crippen molar-refractivity contribution in [2.75, 3.05) is 20.2 Å². The van der Waals surface area contributed by atoms with E-state index in [-0.39, 0.29) is 6.10 Å². The lowest BCUT2D eigenvalue weighted by atomic mass is 10.3. The van der Waals surface area contributed by atoms with Crippen molar-refractivity contribution in [2.24, 2.45) is 7.05 Å². The van der Waals surface area contributed by atoms with Gasteiger partial charge in [0, 0.05) is 32.0 Å². The van der Waals surface area contributed by atoms with Crippen LogP contribution in [0.2, 0.25) is 5.02 Å². The van der Waals surface area contributed by atoms with Gasteiger partial charge in [0.25, 0.3) is 0 Å². The van der Waals surface area contributed by atoms with Crippen LogP contribution >= 0.6 is 11.6 Å². The highest BCUT2D eigenvalue weighted by atomic mass is 35.5. The van der Waals surface area contributed by atoms with Crippen molar-refractivity contribution in [3.05, 3.63) is 23.0 Å². The van der Waals surface area contributed by atoms with Gasteiger partial charge in [0.15, 0.2) is 0 Å². The van der Waals surface area contributed by atoms with Crippen LogP contribution in [-0.4, -0.2) is 47.0 Å². The minimum atomic E-state index is -0.465. The predicted molar refractivity (Wildman–Crippen MR) is 73.9 cm³/mol. The SMILES string of the molecule is CC(C)OCC(O)CN(C)Cc1cc(Cl)cn1C. The Balaban J connectivity index is 2.37. The van der Waals surface area contributed by atoms with Crippen molar-refractivity contribution >= 4 is 11.6 Å². The number of hydrogen-bond acceptors (Lipinski definition) is 3. The molecule has 0 saturated carbocycles.